The van der Waals surface area contributed by atoms with Gasteiger partial charge in [0.2, 0.25) is 0 Å². The molecule has 1 atom stereocenters. The minimum atomic E-state index is -3.77. The quantitative estimate of drug-likeness (QED) is 0.824. The van der Waals surface area contributed by atoms with E-state index in [2.05, 4.69) is 11.6 Å². The van der Waals surface area contributed by atoms with Crippen LogP contribution in [0.5, 0.6) is 0 Å². The van der Waals surface area contributed by atoms with Crippen molar-refractivity contribution in [1.82, 2.24) is 9.03 Å². The smallest absolute Gasteiger partial charge is 0.322 e. The maximum absolute atomic E-state index is 12.3. The fraction of sp³-hybridized carbons (Fsp3) is 0.533. The zero-order valence-electron chi connectivity index (χ0n) is 12.6. The molecule has 7 heteroatoms. The van der Waals surface area contributed by atoms with Crippen molar-refractivity contribution >= 4 is 16.2 Å². The predicted molar refractivity (Wildman–Crippen MR) is 83.6 cm³/mol. The van der Waals surface area contributed by atoms with Gasteiger partial charge in [0.1, 0.15) is 6.04 Å². The summed E-state index contributed by atoms with van der Waals surface area (Å²) in [6.07, 6.45) is 1.73. The molecule has 0 aliphatic carbocycles. The Labute approximate surface area is 131 Å². The monoisotopic (exact) mass is 326 g/mol. The molecule has 122 valence electrons. The van der Waals surface area contributed by atoms with Crippen LogP contribution in [0, 0.1) is 5.92 Å². The van der Waals surface area contributed by atoms with Crippen molar-refractivity contribution in [2.75, 3.05) is 13.1 Å². The van der Waals surface area contributed by atoms with Crippen LogP contribution in [0.3, 0.4) is 0 Å². The number of carboxylic acids is 1. The van der Waals surface area contributed by atoms with Gasteiger partial charge in [-0.3, -0.25) is 4.79 Å². The molecule has 0 unspecified atom stereocenters. The average molecular weight is 326 g/mol. The van der Waals surface area contributed by atoms with Crippen LogP contribution in [-0.2, 0) is 21.4 Å². The number of aliphatic carboxylic acids is 1. The van der Waals surface area contributed by atoms with E-state index < -0.39 is 22.2 Å². The van der Waals surface area contributed by atoms with Gasteiger partial charge in [-0.1, -0.05) is 37.3 Å². The molecular weight excluding hydrogens is 304 g/mol. The minimum Gasteiger partial charge on any atom is -0.480 e. The van der Waals surface area contributed by atoms with Gasteiger partial charge in [-0.05, 0) is 30.7 Å². The van der Waals surface area contributed by atoms with Gasteiger partial charge in [0.15, 0.2) is 0 Å². The summed E-state index contributed by atoms with van der Waals surface area (Å²) in [6.45, 7) is 2.97. The lowest BCUT2D eigenvalue weighted by molar-refractivity contribution is -0.138. The molecule has 0 radical (unpaired) electrons. The first-order valence-corrected chi connectivity index (χ1v) is 8.86. The maximum atomic E-state index is 12.3. The summed E-state index contributed by atoms with van der Waals surface area (Å²) in [5, 5.41) is 9.29. The van der Waals surface area contributed by atoms with Gasteiger partial charge in [0.25, 0.3) is 10.2 Å². The Morgan fingerprint density at radius 2 is 1.91 bits per heavy atom. The number of benzene rings is 1. The van der Waals surface area contributed by atoms with Crippen LogP contribution in [0.15, 0.2) is 30.3 Å². The second-order valence-corrected chi connectivity index (χ2v) is 7.49. The normalized spacial score (nSPS) is 19.0. The lowest BCUT2D eigenvalue weighted by Gasteiger charge is -2.30. The SMILES string of the molecule is CC1CCN(S(=O)(=O)N[C@H](Cc2ccccc2)C(=O)O)CC1. The van der Waals surface area contributed by atoms with E-state index in [1.165, 1.54) is 4.31 Å². The molecule has 1 aromatic rings. The second-order valence-electron chi connectivity index (χ2n) is 5.79. The molecule has 0 aromatic heterocycles. The Hall–Kier alpha value is -1.44. The number of hydrogen-bond acceptors (Lipinski definition) is 3. The van der Waals surface area contributed by atoms with E-state index in [1.54, 1.807) is 24.3 Å². The van der Waals surface area contributed by atoms with Crippen molar-refractivity contribution in [2.24, 2.45) is 5.92 Å². The molecule has 6 nitrogen and oxygen atoms in total. The van der Waals surface area contributed by atoms with Crippen LogP contribution in [-0.4, -0.2) is 42.9 Å². The third kappa shape index (κ3) is 4.53. The van der Waals surface area contributed by atoms with Crippen molar-refractivity contribution in [2.45, 2.75) is 32.2 Å². The van der Waals surface area contributed by atoms with E-state index in [0.29, 0.717) is 19.0 Å². The summed E-state index contributed by atoms with van der Waals surface area (Å²) in [7, 11) is -3.77. The minimum absolute atomic E-state index is 0.125. The third-order valence-corrected chi connectivity index (χ3v) is 5.58. The zero-order valence-corrected chi connectivity index (χ0v) is 13.4. The highest BCUT2D eigenvalue weighted by molar-refractivity contribution is 7.87. The highest BCUT2D eigenvalue weighted by atomic mass is 32.2. The highest BCUT2D eigenvalue weighted by Gasteiger charge is 2.31. The van der Waals surface area contributed by atoms with Gasteiger partial charge in [0, 0.05) is 13.1 Å². The van der Waals surface area contributed by atoms with Gasteiger partial charge in [-0.25, -0.2) is 0 Å². The maximum Gasteiger partial charge on any atom is 0.322 e. The molecule has 0 spiro atoms. The second kappa shape index (κ2) is 7.21. The number of piperidine rings is 1. The number of carboxylic acid groups (broad SMARTS) is 1. The van der Waals surface area contributed by atoms with Crippen LogP contribution in [0.2, 0.25) is 0 Å². The lowest BCUT2D eigenvalue weighted by Crippen LogP contribution is -2.51. The van der Waals surface area contributed by atoms with E-state index in [4.69, 9.17) is 0 Å². The molecule has 1 heterocycles. The molecule has 1 aliphatic rings. The summed E-state index contributed by atoms with van der Waals surface area (Å²) >= 11 is 0. The lowest BCUT2D eigenvalue weighted by atomic mass is 10.0. The van der Waals surface area contributed by atoms with Gasteiger partial charge in [-0.15, -0.1) is 0 Å². The largest absolute Gasteiger partial charge is 0.480 e. The molecule has 1 aromatic carbocycles. The number of hydrogen-bond donors (Lipinski definition) is 2. The third-order valence-electron chi connectivity index (χ3n) is 3.95. The van der Waals surface area contributed by atoms with E-state index in [1.807, 2.05) is 6.07 Å². The summed E-state index contributed by atoms with van der Waals surface area (Å²) in [4.78, 5) is 11.4. The fourth-order valence-corrected chi connectivity index (χ4v) is 3.89. The van der Waals surface area contributed by atoms with Crippen molar-refractivity contribution in [1.29, 1.82) is 0 Å². The number of nitrogens with one attached hydrogen (secondary N) is 1. The fourth-order valence-electron chi connectivity index (χ4n) is 2.51. The Morgan fingerprint density at radius 3 is 2.45 bits per heavy atom. The first kappa shape index (κ1) is 16.9. The molecule has 2 rings (SSSR count). The van der Waals surface area contributed by atoms with Crippen molar-refractivity contribution < 1.29 is 18.3 Å². The summed E-state index contributed by atoms with van der Waals surface area (Å²) in [6, 6.07) is 7.84. The van der Waals surface area contributed by atoms with E-state index >= 15 is 0 Å². The number of nitrogens with zero attached hydrogens (tertiary/aromatic N) is 1. The van der Waals surface area contributed by atoms with Crippen molar-refractivity contribution in [3.8, 4) is 0 Å². The van der Waals surface area contributed by atoms with Gasteiger partial charge < -0.3 is 5.11 Å². The zero-order chi connectivity index (χ0) is 16.2. The molecule has 1 aliphatic heterocycles. The summed E-state index contributed by atoms with van der Waals surface area (Å²) in [5.74, 6) is -0.663. The number of carbonyl (C=O) groups is 1. The van der Waals surface area contributed by atoms with E-state index in [9.17, 15) is 18.3 Å². The van der Waals surface area contributed by atoms with Crippen LogP contribution in [0.1, 0.15) is 25.3 Å². The number of rotatable bonds is 6. The Balaban J connectivity index is 2.05. The Morgan fingerprint density at radius 1 is 1.32 bits per heavy atom. The van der Waals surface area contributed by atoms with E-state index in [0.717, 1.165) is 18.4 Å². The molecule has 22 heavy (non-hydrogen) atoms. The molecule has 1 fully saturated rings. The topological polar surface area (TPSA) is 86.7 Å². The molecule has 0 saturated carbocycles. The Bertz CT molecular complexity index is 595. The van der Waals surface area contributed by atoms with Crippen LogP contribution in [0.4, 0.5) is 0 Å². The first-order chi connectivity index (χ1) is 10.4. The summed E-state index contributed by atoms with van der Waals surface area (Å²) in [5.41, 5.74) is 0.782. The van der Waals surface area contributed by atoms with Crippen LogP contribution < -0.4 is 4.72 Å². The molecule has 0 amide bonds. The van der Waals surface area contributed by atoms with Gasteiger partial charge in [0.05, 0.1) is 0 Å². The predicted octanol–water partition coefficient (Wildman–Crippen LogP) is 1.25. The molecule has 1 saturated heterocycles. The first-order valence-electron chi connectivity index (χ1n) is 7.42. The Kier molecular flexibility index (Phi) is 5.55. The standard InChI is InChI=1S/C15H22N2O4S/c1-12-7-9-17(10-8-12)22(20,21)16-14(15(18)19)11-13-5-3-2-4-6-13/h2-6,12,14,16H,7-11H2,1H3,(H,18,19)/t14-/m1/s1. The molecule has 2 N–H and O–H groups in total. The van der Waals surface area contributed by atoms with Crippen molar-refractivity contribution in [3.05, 3.63) is 35.9 Å². The average Bonchev–Trinajstić information content (AvgIpc) is 2.48. The molecule has 0 bridgehead atoms. The van der Waals surface area contributed by atoms with Gasteiger partial charge >= 0.3 is 5.97 Å². The van der Waals surface area contributed by atoms with Gasteiger partial charge in [-0.2, -0.15) is 17.4 Å². The van der Waals surface area contributed by atoms with Crippen molar-refractivity contribution in [3.63, 3.8) is 0 Å². The van der Waals surface area contributed by atoms with Crippen LogP contribution >= 0.6 is 0 Å². The molecular formula is C15H22N2O4S. The van der Waals surface area contributed by atoms with E-state index in [-0.39, 0.29) is 6.42 Å². The highest BCUT2D eigenvalue weighted by Crippen LogP contribution is 2.18. The van der Waals surface area contributed by atoms with Crippen LogP contribution in [0.25, 0.3) is 0 Å². The summed E-state index contributed by atoms with van der Waals surface area (Å²) < 4.78 is 28.4.